The van der Waals surface area contributed by atoms with Crippen molar-refractivity contribution in [3.05, 3.63) is 35.0 Å². The average Bonchev–Trinajstić information content (AvgIpc) is 2.61. The summed E-state index contributed by atoms with van der Waals surface area (Å²) in [6.45, 7) is 11.7. The summed E-state index contributed by atoms with van der Waals surface area (Å²) in [4.78, 5) is 24.9. The molecule has 0 radical (unpaired) electrons. The van der Waals surface area contributed by atoms with E-state index in [2.05, 4.69) is 10.6 Å². The molecule has 7 nitrogen and oxygen atoms in total. The molecule has 2 rings (SSSR count). The minimum absolute atomic E-state index is 0.00758. The predicted octanol–water partition coefficient (Wildman–Crippen LogP) is 3.84. The molecule has 1 unspecified atom stereocenters. The van der Waals surface area contributed by atoms with E-state index in [1.165, 1.54) is 0 Å². The molecule has 0 fully saturated rings. The molecule has 0 saturated carbocycles. The van der Waals surface area contributed by atoms with Crippen LogP contribution >= 0.6 is 0 Å². The molecule has 0 saturated heterocycles. The molecule has 0 aliphatic carbocycles. The molecule has 2 amide bonds. The van der Waals surface area contributed by atoms with Crippen molar-refractivity contribution in [2.24, 2.45) is 0 Å². The van der Waals surface area contributed by atoms with Crippen LogP contribution in [0.15, 0.2) is 29.5 Å². The van der Waals surface area contributed by atoms with Crippen LogP contribution in [-0.2, 0) is 9.53 Å². The first kappa shape index (κ1) is 21.6. The molecule has 1 heterocycles. The van der Waals surface area contributed by atoms with Crippen LogP contribution in [0.5, 0.6) is 11.5 Å². The number of carbonyl (C=O) groups is 2. The molecule has 1 atom stereocenters. The summed E-state index contributed by atoms with van der Waals surface area (Å²) in [6, 6.07) is 4.43. The number of amides is 2. The lowest BCUT2D eigenvalue weighted by atomic mass is 9.94. The number of rotatable bonds is 8. The summed E-state index contributed by atoms with van der Waals surface area (Å²) in [5, 5.41) is 5.55. The number of hydrogen-bond donors (Lipinski definition) is 2. The Kier molecular flexibility index (Phi) is 7.31. The lowest BCUT2D eigenvalue weighted by Crippen LogP contribution is -2.46. The summed E-state index contributed by atoms with van der Waals surface area (Å²) < 4.78 is 16.9. The third-order valence-corrected chi connectivity index (χ3v) is 4.03. The summed E-state index contributed by atoms with van der Waals surface area (Å²) in [6.07, 6.45) is 0.225. The van der Waals surface area contributed by atoms with Gasteiger partial charge in [-0.05, 0) is 58.7 Å². The predicted molar refractivity (Wildman–Crippen MR) is 106 cm³/mol. The van der Waals surface area contributed by atoms with E-state index in [4.69, 9.17) is 14.2 Å². The van der Waals surface area contributed by atoms with Crippen LogP contribution in [0.2, 0.25) is 0 Å². The Balaban J connectivity index is 2.50. The molecule has 7 heteroatoms. The highest BCUT2D eigenvalue weighted by atomic mass is 16.5. The molecule has 0 bridgehead atoms. The van der Waals surface area contributed by atoms with Crippen LogP contribution in [0.25, 0.3) is 0 Å². The molecule has 0 aromatic heterocycles. The number of ether oxygens (including phenoxy) is 3. The van der Waals surface area contributed by atoms with E-state index in [0.717, 1.165) is 5.56 Å². The summed E-state index contributed by atoms with van der Waals surface area (Å²) in [5.41, 5.74) is 1.67. The van der Waals surface area contributed by atoms with Crippen molar-refractivity contribution in [2.75, 3.05) is 6.61 Å². The topological polar surface area (TPSA) is 85.9 Å². The normalized spacial score (nSPS) is 16.7. The Morgan fingerprint density at radius 2 is 1.82 bits per heavy atom. The number of esters is 1. The first-order valence-electron chi connectivity index (χ1n) is 9.71. The van der Waals surface area contributed by atoms with Crippen molar-refractivity contribution in [3.63, 3.8) is 0 Å². The largest absolute Gasteiger partial charge is 0.490 e. The van der Waals surface area contributed by atoms with Crippen LogP contribution < -0.4 is 20.1 Å². The van der Waals surface area contributed by atoms with Gasteiger partial charge >= 0.3 is 12.0 Å². The van der Waals surface area contributed by atoms with Gasteiger partial charge in [-0.1, -0.05) is 13.0 Å². The van der Waals surface area contributed by atoms with Crippen LogP contribution in [0.1, 0.15) is 59.6 Å². The van der Waals surface area contributed by atoms with Crippen LogP contribution in [0, 0.1) is 0 Å². The van der Waals surface area contributed by atoms with Gasteiger partial charge in [-0.2, -0.15) is 0 Å². The van der Waals surface area contributed by atoms with Crippen molar-refractivity contribution in [3.8, 4) is 11.5 Å². The van der Waals surface area contributed by atoms with Gasteiger partial charge in [0, 0.05) is 5.70 Å². The van der Waals surface area contributed by atoms with Crippen molar-refractivity contribution in [1.29, 1.82) is 0 Å². The van der Waals surface area contributed by atoms with Crippen LogP contribution in [0.4, 0.5) is 4.79 Å². The summed E-state index contributed by atoms with van der Waals surface area (Å²) in [5.74, 6) is 0.729. The molecule has 28 heavy (non-hydrogen) atoms. The Morgan fingerprint density at radius 1 is 1.11 bits per heavy atom. The second kappa shape index (κ2) is 9.48. The highest BCUT2D eigenvalue weighted by Gasteiger charge is 2.34. The quantitative estimate of drug-likeness (QED) is 0.659. The Labute approximate surface area is 166 Å². The lowest BCUT2D eigenvalue weighted by molar-refractivity contribution is -0.143. The van der Waals surface area contributed by atoms with E-state index in [-0.39, 0.29) is 18.2 Å². The van der Waals surface area contributed by atoms with Crippen molar-refractivity contribution < 1.29 is 23.8 Å². The molecule has 2 N–H and O–H groups in total. The molecular formula is C21H30N2O5. The third-order valence-electron chi connectivity index (χ3n) is 4.03. The van der Waals surface area contributed by atoms with Gasteiger partial charge in [-0.25, -0.2) is 9.59 Å². The van der Waals surface area contributed by atoms with Gasteiger partial charge in [0.15, 0.2) is 11.5 Å². The Hall–Kier alpha value is -2.70. The van der Waals surface area contributed by atoms with E-state index in [1.807, 2.05) is 33.8 Å². The number of hydrogen-bond acceptors (Lipinski definition) is 5. The summed E-state index contributed by atoms with van der Waals surface area (Å²) >= 11 is 0. The fourth-order valence-electron chi connectivity index (χ4n) is 2.99. The molecular weight excluding hydrogens is 360 g/mol. The minimum Gasteiger partial charge on any atom is -0.490 e. The number of benzene rings is 1. The number of carbonyl (C=O) groups excluding carboxylic acids is 2. The Morgan fingerprint density at radius 3 is 2.39 bits per heavy atom. The van der Waals surface area contributed by atoms with E-state index in [9.17, 15) is 9.59 Å². The monoisotopic (exact) mass is 390 g/mol. The summed E-state index contributed by atoms with van der Waals surface area (Å²) in [7, 11) is 0. The zero-order valence-corrected chi connectivity index (χ0v) is 17.4. The van der Waals surface area contributed by atoms with Gasteiger partial charge in [0.1, 0.15) is 0 Å². The van der Waals surface area contributed by atoms with Gasteiger partial charge < -0.3 is 24.8 Å². The number of allylic oxidation sites excluding steroid dienone is 1. The lowest BCUT2D eigenvalue weighted by Gasteiger charge is -2.30. The second-order valence-corrected chi connectivity index (χ2v) is 7.04. The van der Waals surface area contributed by atoms with E-state index in [0.29, 0.717) is 35.8 Å². The van der Waals surface area contributed by atoms with Crippen LogP contribution in [-0.4, -0.2) is 30.8 Å². The van der Waals surface area contributed by atoms with Gasteiger partial charge in [-0.15, -0.1) is 0 Å². The van der Waals surface area contributed by atoms with E-state index in [1.54, 1.807) is 26.0 Å². The van der Waals surface area contributed by atoms with Gasteiger partial charge in [0.25, 0.3) is 0 Å². The molecule has 1 aromatic carbocycles. The van der Waals surface area contributed by atoms with Gasteiger partial charge in [0.2, 0.25) is 0 Å². The maximum Gasteiger partial charge on any atom is 0.338 e. The highest BCUT2D eigenvalue weighted by Crippen LogP contribution is 2.35. The Bertz CT molecular complexity index is 755. The molecule has 0 spiro atoms. The van der Waals surface area contributed by atoms with Gasteiger partial charge in [0.05, 0.1) is 30.4 Å². The minimum atomic E-state index is -0.637. The second-order valence-electron chi connectivity index (χ2n) is 7.04. The standard InChI is InChI=1S/C21H30N2O5/c1-7-15-18(20(24)28-13(5)6)19(23-21(25)22-15)14-9-10-16(27-12(3)4)17(11-14)26-8-2/h9-13,19H,7-8H2,1-6H3,(H2,22,23,25). The third kappa shape index (κ3) is 5.18. The number of urea groups is 1. The fourth-order valence-corrected chi connectivity index (χ4v) is 2.99. The number of nitrogens with one attached hydrogen (secondary N) is 2. The zero-order chi connectivity index (χ0) is 20.8. The maximum absolute atomic E-state index is 12.8. The van der Waals surface area contributed by atoms with Crippen molar-refractivity contribution >= 4 is 12.0 Å². The zero-order valence-electron chi connectivity index (χ0n) is 17.4. The van der Waals surface area contributed by atoms with Crippen molar-refractivity contribution in [1.82, 2.24) is 10.6 Å². The van der Waals surface area contributed by atoms with Crippen LogP contribution in [0.3, 0.4) is 0 Å². The van der Waals surface area contributed by atoms with Gasteiger partial charge in [-0.3, -0.25) is 0 Å². The average molecular weight is 390 g/mol. The highest BCUT2D eigenvalue weighted by molar-refractivity contribution is 5.95. The molecule has 1 aliphatic heterocycles. The molecule has 1 aliphatic rings. The van der Waals surface area contributed by atoms with E-state index >= 15 is 0 Å². The first-order chi connectivity index (χ1) is 13.3. The fraction of sp³-hybridized carbons (Fsp3) is 0.524. The SMILES string of the molecule is CCOc1cc(C2NC(=O)NC(CC)=C2C(=O)OC(C)C)ccc1OC(C)C. The van der Waals surface area contributed by atoms with Crippen molar-refractivity contribution in [2.45, 2.75) is 66.2 Å². The molecule has 154 valence electrons. The maximum atomic E-state index is 12.8. The first-order valence-corrected chi connectivity index (χ1v) is 9.71. The molecule has 1 aromatic rings. The smallest absolute Gasteiger partial charge is 0.338 e. The van der Waals surface area contributed by atoms with E-state index < -0.39 is 12.0 Å².